The van der Waals surface area contributed by atoms with Crippen LogP contribution in [0.1, 0.15) is 0 Å². The van der Waals surface area contributed by atoms with Gasteiger partial charge in [-0.15, -0.1) is 11.8 Å². The molecule has 0 bridgehead atoms. The Kier molecular flexibility index (Phi) is 4.86. The summed E-state index contributed by atoms with van der Waals surface area (Å²) in [6, 6.07) is 20.8. The maximum atomic E-state index is 3.92. The lowest BCUT2D eigenvalue weighted by atomic mass is 10.1. The lowest BCUT2D eigenvalue weighted by Gasteiger charge is -1.98. The Labute approximate surface area is 107 Å². The van der Waals surface area contributed by atoms with Crippen LogP contribution < -0.4 is 0 Å². The largest absolute Gasteiger partial charge is 0.285 e. The average Bonchev–Trinajstić information content (AvgIpc) is 3.00. The molecule has 1 aliphatic rings. The van der Waals surface area contributed by atoms with Gasteiger partial charge in [-0.3, -0.25) is 4.99 Å². The summed E-state index contributed by atoms with van der Waals surface area (Å²) in [5.41, 5.74) is 4.45. The van der Waals surface area contributed by atoms with Crippen molar-refractivity contribution in [3.63, 3.8) is 0 Å². The molecule has 2 heteroatoms. The van der Waals surface area contributed by atoms with Crippen LogP contribution >= 0.6 is 11.8 Å². The smallest absolute Gasteiger partial charge is 0.0542 e. The van der Waals surface area contributed by atoms with Crippen LogP contribution in [0.3, 0.4) is 0 Å². The van der Waals surface area contributed by atoms with E-state index in [-0.39, 0.29) is 0 Å². The van der Waals surface area contributed by atoms with Gasteiger partial charge in [0.25, 0.3) is 0 Å². The quantitative estimate of drug-likeness (QED) is 0.731. The van der Waals surface area contributed by atoms with Crippen LogP contribution in [0.25, 0.3) is 11.1 Å². The van der Waals surface area contributed by atoms with Gasteiger partial charge in [-0.1, -0.05) is 60.7 Å². The second kappa shape index (κ2) is 6.92. The van der Waals surface area contributed by atoms with Gasteiger partial charge >= 0.3 is 0 Å². The molecule has 3 rings (SSSR count). The summed E-state index contributed by atoms with van der Waals surface area (Å²) in [6.45, 7) is 1.03. The third-order valence-corrected chi connectivity index (χ3v) is 3.08. The van der Waals surface area contributed by atoms with Crippen molar-refractivity contribution in [2.45, 2.75) is 0 Å². The summed E-state index contributed by atoms with van der Waals surface area (Å²) in [4.78, 5) is 3.92. The van der Waals surface area contributed by atoms with Gasteiger partial charge in [-0.2, -0.15) is 0 Å². The number of hydrogen-bond acceptors (Lipinski definition) is 2. The maximum Gasteiger partial charge on any atom is 0.0542 e. The molecule has 0 atom stereocenters. The van der Waals surface area contributed by atoms with Crippen LogP contribution in [0.2, 0.25) is 0 Å². The van der Waals surface area contributed by atoms with Gasteiger partial charge < -0.3 is 0 Å². The zero-order valence-corrected chi connectivity index (χ0v) is 10.4. The van der Waals surface area contributed by atoms with Crippen LogP contribution in [-0.4, -0.2) is 17.8 Å². The highest BCUT2D eigenvalue weighted by molar-refractivity contribution is 8.12. The second-order valence-corrected chi connectivity index (χ2v) is 4.57. The van der Waals surface area contributed by atoms with Crippen molar-refractivity contribution in [1.29, 1.82) is 0 Å². The van der Waals surface area contributed by atoms with Crippen LogP contribution in [-0.2, 0) is 0 Å². The highest BCUT2D eigenvalue weighted by Crippen LogP contribution is 2.17. The first-order chi connectivity index (χ1) is 8.47. The number of hydrogen-bond donors (Lipinski definition) is 0. The fraction of sp³-hybridized carbons (Fsp3) is 0.133. The summed E-state index contributed by atoms with van der Waals surface area (Å²) in [5.74, 6) is 1.19. The molecule has 2 aromatic carbocycles. The molecule has 1 nitrogen and oxygen atoms in total. The fourth-order valence-electron chi connectivity index (χ4n) is 1.52. The predicted molar refractivity (Wildman–Crippen MR) is 77.7 cm³/mol. The molecule has 0 spiro atoms. The molecule has 0 aromatic heterocycles. The van der Waals surface area contributed by atoms with Crippen molar-refractivity contribution in [2.75, 3.05) is 12.3 Å². The van der Waals surface area contributed by atoms with Gasteiger partial charge in [0.2, 0.25) is 0 Å². The molecule has 0 N–H and O–H groups in total. The van der Waals surface area contributed by atoms with Gasteiger partial charge in [0, 0.05) is 12.3 Å². The molecule has 0 aliphatic carbocycles. The molecule has 0 unspecified atom stereocenters. The highest BCUT2D eigenvalue weighted by Gasteiger charge is 1.91. The van der Waals surface area contributed by atoms with Gasteiger partial charge in [0.1, 0.15) is 0 Å². The van der Waals surface area contributed by atoms with Gasteiger partial charge in [-0.05, 0) is 11.1 Å². The predicted octanol–water partition coefficient (Wildman–Crippen LogP) is 4.12. The summed E-state index contributed by atoms with van der Waals surface area (Å²) in [5, 5.41) is 0. The topological polar surface area (TPSA) is 12.4 Å². The average molecular weight is 241 g/mol. The molecule has 0 radical (unpaired) electrons. The Hall–Kier alpha value is -1.54. The zero-order chi connectivity index (χ0) is 11.8. The minimum Gasteiger partial charge on any atom is -0.285 e. The molecule has 2 aromatic rings. The van der Waals surface area contributed by atoms with E-state index in [1.54, 1.807) is 11.8 Å². The van der Waals surface area contributed by atoms with Crippen molar-refractivity contribution >= 4 is 17.3 Å². The van der Waals surface area contributed by atoms with E-state index in [1.165, 1.54) is 16.9 Å². The summed E-state index contributed by atoms with van der Waals surface area (Å²) in [7, 11) is 0. The molecular formula is C15H15NS. The van der Waals surface area contributed by atoms with Gasteiger partial charge in [0.15, 0.2) is 0 Å². The zero-order valence-electron chi connectivity index (χ0n) is 9.62. The third kappa shape index (κ3) is 4.08. The van der Waals surface area contributed by atoms with Crippen LogP contribution in [0, 0.1) is 0 Å². The van der Waals surface area contributed by atoms with E-state index in [2.05, 4.69) is 53.5 Å². The van der Waals surface area contributed by atoms with Gasteiger partial charge in [-0.25, -0.2) is 0 Å². The summed E-state index contributed by atoms with van der Waals surface area (Å²) < 4.78 is 0. The molecule has 0 saturated carbocycles. The van der Waals surface area contributed by atoms with E-state index in [4.69, 9.17) is 0 Å². The lowest BCUT2D eigenvalue weighted by molar-refractivity contribution is 1.18. The van der Waals surface area contributed by atoms with Crippen LogP contribution in [0.5, 0.6) is 0 Å². The standard InChI is InChI=1S/C12H10.C3H5NS/c1-3-7-11(8-4-1)12-9-5-2-6-10-12;1-2-5-3-4-1/h1-10H;3H,1-2H2. The first kappa shape index (κ1) is 11.9. The first-order valence-corrected chi connectivity index (χ1v) is 6.72. The molecule has 0 amide bonds. The second-order valence-electron chi connectivity index (χ2n) is 3.61. The van der Waals surface area contributed by atoms with Crippen LogP contribution in [0.4, 0.5) is 0 Å². The minimum atomic E-state index is 1.03. The Morgan fingerprint density at radius 2 is 1.29 bits per heavy atom. The van der Waals surface area contributed by atoms with E-state index >= 15 is 0 Å². The number of thioether (sulfide) groups is 1. The van der Waals surface area contributed by atoms with Gasteiger partial charge in [0.05, 0.1) is 5.55 Å². The molecule has 1 heterocycles. The van der Waals surface area contributed by atoms with Crippen molar-refractivity contribution in [2.24, 2.45) is 4.99 Å². The summed E-state index contributed by atoms with van der Waals surface area (Å²) >= 11 is 1.78. The third-order valence-electron chi connectivity index (χ3n) is 2.37. The molecule has 17 heavy (non-hydrogen) atoms. The SMILES string of the molecule is C1=NCCS1.c1ccc(-c2ccccc2)cc1. The fourth-order valence-corrected chi connectivity index (χ4v) is 2.05. The molecular weight excluding hydrogens is 226 g/mol. The summed E-state index contributed by atoms with van der Waals surface area (Å²) in [6.07, 6.45) is 0. The number of benzene rings is 2. The van der Waals surface area contributed by atoms with E-state index in [0.717, 1.165) is 6.54 Å². The van der Waals surface area contributed by atoms with Crippen molar-refractivity contribution in [3.05, 3.63) is 60.7 Å². The maximum absolute atomic E-state index is 3.92. The van der Waals surface area contributed by atoms with E-state index in [1.807, 2.05) is 17.7 Å². The minimum absolute atomic E-state index is 1.03. The Morgan fingerprint density at radius 3 is 1.59 bits per heavy atom. The van der Waals surface area contributed by atoms with Crippen molar-refractivity contribution in [1.82, 2.24) is 0 Å². The normalized spacial score (nSPS) is 12.9. The molecule has 0 fully saturated rings. The Morgan fingerprint density at radius 1 is 0.765 bits per heavy atom. The Bertz CT molecular complexity index is 407. The van der Waals surface area contributed by atoms with Crippen LogP contribution in [0.15, 0.2) is 65.7 Å². The molecule has 1 aliphatic heterocycles. The highest BCUT2D eigenvalue weighted by atomic mass is 32.2. The molecule has 86 valence electrons. The number of rotatable bonds is 1. The van der Waals surface area contributed by atoms with Crippen molar-refractivity contribution in [3.8, 4) is 11.1 Å². The van der Waals surface area contributed by atoms with E-state index in [9.17, 15) is 0 Å². The number of nitrogens with zero attached hydrogens (tertiary/aromatic N) is 1. The first-order valence-electron chi connectivity index (χ1n) is 5.67. The number of aliphatic imine (C=N–C) groups is 1. The van der Waals surface area contributed by atoms with E-state index < -0.39 is 0 Å². The monoisotopic (exact) mass is 241 g/mol. The lowest BCUT2D eigenvalue weighted by Crippen LogP contribution is -1.73. The molecule has 0 saturated heterocycles. The van der Waals surface area contributed by atoms with E-state index in [0.29, 0.717) is 0 Å². The van der Waals surface area contributed by atoms with Crippen molar-refractivity contribution < 1.29 is 0 Å². The Balaban J connectivity index is 0.000000181.